The first kappa shape index (κ1) is 14.9. The van der Waals surface area contributed by atoms with E-state index in [0.717, 1.165) is 17.1 Å². The minimum absolute atomic E-state index is 0.299. The van der Waals surface area contributed by atoms with Crippen LogP contribution < -0.4 is 4.74 Å². The topological polar surface area (TPSA) is 35.5 Å². The predicted molar refractivity (Wildman–Crippen MR) is 83.2 cm³/mol. The summed E-state index contributed by atoms with van der Waals surface area (Å²) < 4.78 is 10.7. The molecule has 0 bridgehead atoms. The number of carbonyl (C=O) groups excluding carboxylic acids is 1. The van der Waals surface area contributed by atoms with Crippen molar-refractivity contribution < 1.29 is 14.3 Å². The first-order valence-corrected chi connectivity index (χ1v) is 6.87. The fourth-order valence-electron chi connectivity index (χ4n) is 1.85. The van der Waals surface area contributed by atoms with Crippen LogP contribution in [0.2, 0.25) is 0 Å². The van der Waals surface area contributed by atoms with E-state index < -0.39 is 0 Å². The first-order valence-electron chi connectivity index (χ1n) is 6.87. The average molecular weight is 282 g/mol. The molecule has 0 radical (unpaired) electrons. The molecule has 0 aliphatic heterocycles. The van der Waals surface area contributed by atoms with Crippen LogP contribution in [0.3, 0.4) is 0 Å². The van der Waals surface area contributed by atoms with Gasteiger partial charge in [0.2, 0.25) is 0 Å². The molecule has 0 aliphatic carbocycles. The smallest absolute Gasteiger partial charge is 0.333 e. The minimum Gasteiger partial charge on any atom is -0.463 e. The van der Waals surface area contributed by atoms with Crippen molar-refractivity contribution in [2.75, 3.05) is 6.61 Å². The lowest BCUT2D eigenvalue weighted by atomic mass is 10.1. The third kappa shape index (κ3) is 4.49. The fourth-order valence-corrected chi connectivity index (χ4v) is 1.85. The second-order valence-electron chi connectivity index (χ2n) is 4.54. The number of esters is 1. The third-order valence-electron chi connectivity index (χ3n) is 2.82. The highest BCUT2D eigenvalue weighted by Gasteiger charge is 2.05. The van der Waals surface area contributed by atoms with Gasteiger partial charge in [0, 0.05) is 5.57 Å². The van der Waals surface area contributed by atoms with Gasteiger partial charge in [-0.25, -0.2) is 4.79 Å². The van der Waals surface area contributed by atoms with E-state index in [9.17, 15) is 4.79 Å². The lowest BCUT2D eigenvalue weighted by molar-refractivity contribution is -0.138. The van der Waals surface area contributed by atoms with E-state index in [0.29, 0.717) is 12.2 Å². The summed E-state index contributed by atoms with van der Waals surface area (Å²) in [6.45, 7) is 3.91. The maximum atomic E-state index is 11.6. The molecule has 3 nitrogen and oxygen atoms in total. The van der Waals surface area contributed by atoms with Crippen LogP contribution in [0.15, 0.2) is 60.2 Å². The summed E-state index contributed by atoms with van der Waals surface area (Å²) in [6.07, 6.45) is 1.79. The fraction of sp³-hybridized carbons (Fsp3) is 0.167. The van der Waals surface area contributed by atoms with E-state index in [1.54, 1.807) is 19.9 Å². The van der Waals surface area contributed by atoms with Crippen LogP contribution in [0.4, 0.5) is 0 Å². The van der Waals surface area contributed by atoms with Gasteiger partial charge in [-0.1, -0.05) is 30.3 Å². The Labute approximate surface area is 124 Å². The molecule has 3 heteroatoms. The Kier molecular flexibility index (Phi) is 5.16. The van der Waals surface area contributed by atoms with Crippen LogP contribution >= 0.6 is 0 Å². The quantitative estimate of drug-likeness (QED) is 0.600. The summed E-state index contributed by atoms with van der Waals surface area (Å²) in [5.41, 5.74) is 1.46. The van der Waals surface area contributed by atoms with E-state index in [1.807, 2.05) is 54.6 Å². The van der Waals surface area contributed by atoms with Gasteiger partial charge in [-0.15, -0.1) is 0 Å². The number of carbonyl (C=O) groups is 1. The van der Waals surface area contributed by atoms with Gasteiger partial charge in [-0.2, -0.15) is 0 Å². The van der Waals surface area contributed by atoms with Crippen molar-refractivity contribution in [2.45, 2.75) is 13.8 Å². The molecule has 0 heterocycles. The Balaban J connectivity index is 2.14. The van der Waals surface area contributed by atoms with Crippen LogP contribution in [0.5, 0.6) is 11.5 Å². The molecule has 0 unspecified atom stereocenters. The van der Waals surface area contributed by atoms with E-state index in [4.69, 9.17) is 9.47 Å². The Morgan fingerprint density at radius 1 is 1.05 bits per heavy atom. The zero-order valence-electron chi connectivity index (χ0n) is 12.2. The van der Waals surface area contributed by atoms with Crippen molar-refractivity contribution in [3.63, 3.8) is 0 Å². The molecule has 0 saturated carbocycles. The van der Waals surface area contributed by atoms with Gasteiger partial charge in [0.15, 0.2) is 0 Å². The van der Waals surface area contributed by atoms with Crippen LogP contribution in [0, 0.1) is 0 Å². The van der Waals surface area contributed by atoms with Gasteiger partial charge in [0.25, 0.3) is 0 Å². The number of ether oxygens (including phenoxy) is 2. The maximum Gasteiger partial charge on any atom is 0.333 e. The van der Waals surface area contributed by atoms with Crippen molar-refractivity contribution in [1.82, 2.24) is 0 Å². The summed E-state index contributed by atoms with van der Waals surface area (Å²) in [4.78, 5) is 11.6. The van der Waals surface area contributed by atoms with E-state index in [-0.39, 0.29) is 5.97 Å². The molecule has 2 aromatic carbocycles. The molecule has 0 aromatic heterocycles. The Morgan fingerprint density at radius 2 is 1.76 bits per heavy atom. The van der Waals surface area contributed by atoms with Crippen LogP contribution in [-0.2, 0) is 9.53 Å². The van der Waals surface area contributed by atoms with E-state index in [2.05, 4.69) is 0 Å². The van der Waals surface area contributed by atoms with Crippen molar-refractivity contribution in [1.29, 1.82) is 0 Å². The summed E-state index contributed by atoms with van der Waals surface area (Å²) in [6, 6.07) is 17.1. The highest BCUT2D eigenvalue weighted by Crippen LogP contribution is 2.22. The molecule has 0 atom stereocenters. The minimum atomic E-state index is -0.299. The maximum absolute atomic E-state index is 11.6. The van der Waals surface area contributed by atoms with Crippen molar-refractivity contribution in [3.05, 3.63) is 65.7 Å². The second kappa shape index (κ2) is 7.29. The average Bonchev–Trinajstić information content (AvgIpc) is 2.49. The van der Waals surface area contributed by atoms with Gasteiger partial charge in [-0.05, 0) is 49.8 Å². The van der Waals surface area contributed by atoms with Crippen LogP contribution in [-0.4, -0.2) is 12.6 Å². The summed E-state index contributed by atoms with van der Waals surface area (Å²) >= 11 is 0. The van der Waals surface area contributed by atoms with Crippen LogP contribution in [0.1, 0.15) is 19.4 Å². The predicted octanol–water partition coefficient (Wildman–Crippen LogP) is 4.45. The lowest BCUT2D eigenvalue weighted by Gasteiger charge is -2.06. The molecule has 21 heavy (non-hydrogen) atoms. The molecule has 0 aliphatic rings. The molecule has 0 saturated heterocycles. The Morgan fingerprint density at radius 3 is 2.48 bits per heavy atom. The molecular weight excluding hydrogens is 264 g/mol. The normalized spacial score (nSPS) is 11.0. The van der Waals surface area contributed by atoms with Crippen molar-refractivity contribution in [3.8, 4) is 11.5 Å². The lowest BCUT2D eigenvalue weighted by Crippen LogP contribution is -2.04. The molecule has 108 valence electrons. The standard InChI is InChI=1S/C18H18O3/c1-3-20-18(19)14(2)12-15-8-7-11-17(13-15)21-16-9-5-4-6-10-16/h4-13H,3H2,1-2H3/b14-12+. The number of benzene rings is 2. The zero-order chi connectivity index (χ0) is 15.1. The number of hydrogen-bond donors (Lipinski definition) is 0. The number of rotatable bonds is 5. The molecule has 0 spiro atoms. The number of hydrogen-bond acceptors (Lipinski definition) is 3. The molecular formula is C18H18O3. The highest BCUT2D eigenvalue weighted by molar-refractivity contribution is 5.93. The highest BCUT2D eigenvalue weighted by atomic mass is 16.5. The van der Waals surface area contributed by atoms with Crippen LogP contribution in [0.25, 0.3) is 6.08 Å². The Hall–Kier alpha value is -2.55. The van der Waals surface area contributed by atoms with E-state index >= 15 is 0 Å². The summed E-state index contributed by atoms with van der Waals surface area (Å²) in [5, 5.41) is 0. The largest absolute Gasteiger partial charge is 0.463 e. The third-order valence-corrected chi connectivity index (χ3v) is 2.82. The van der Waals surface area contributed by atoms with Gasteiger partial charge < -0.3 is 9.47 Å². The van der Waals surface area contributed by atoms with E-state index in [1.165, 1.54) is 0 Å². The second-order valence-corrected chi connectivity index (χ2v) is 4.54. The van der Waals surface area contributed by atoms with Gasteiger partial charge in [0.05, 0.1) is 6.61 Å². The molecule has 0 N–H and O–H groups in total. The molecule has 0 amide bonds. The van der Waals surface area contributed by atoms with Gasteiger partial charge in [0.1, 0.15) is 11.5 Å². The molecule has 2 aromatic rings. The summed E-state index contributed by atoms with van der Waals surface area (Å²) in [5.74, 6) is 1.21. The number of para-hydroxylation sites is 1. The molecule has 0 fully saturated rings. The van der Waals surface area contributed by atoms with Crippen molar-refractivity contribution in [2.24, 2.45) is 0 Å². The van der Waals surface area contributed by atoms with Crippen molar-refractivity contribution >= 4 is 12.0 Å². The zero-order valence-corrected chi connectivity index (χ0v) is 12.2. The van der Waals surface area contributed by atoms with Gasteiger partial charge >= 0.3 is 5.97 Å². The molecule has 2 rings (SSSR count). The SMILES string of the molecule is CCOC(=O)/C(C)=C/c1cccc(Oc2ccccc2)c1. The monoisotopic (exact) mass is 282 g/mol. The van der Waals surface area contributed by atoms with Gasteiger partial charge in [-0.3, -0.25) is 0 Å². The Bertz CT molecular complexity index is 630. The summed E-state index contributed by atoms with van der Waals surface area (Å²) in [7, 11) is 0. The first-order chi connectivity index (χ1) is 10.2.